The van der Waals surface area contributed by atoms with Crippen LogP contribution in [0.2, 0.25) is 0 Å². The highest BCUT2D eigenvalue weighted by Crippen LogP contribution is 2.28. The predicted molar refractivity (Wildman–Crippen MR) is 70.7 cm³/mol. The predicted octanol–water partition coefficient (Wildman–Crippen LogP) is 2.14. The monoisotopic (exact) mass is 324 g/mol. The molecule has 0 aromatic rings. The van der Waals surface area contributed by atoms with Gasteiger partial charge in [0.2, 0.25) is 5.91 Å². The van der Waals surface area contributed by atoms with Gasteiger partial charge in [0, 0.05) is 32.6 Å². The van der Waals surface area contributed by atoms with E-state index in [9.17, 15) is 27.2 Å². The van der Waals surface area contributed by atoms with E-state index < -0.39 is 18.3 Å². The molecule has 2 amide bonds. The minimum Gasteiger partial charge on any atom is -0.342 e. The van der Waals surface area contributed by atoms with Gasteiger partial charge in [-0.3, -0.25) is 9.59 Å². The number of carbonyl (C=O) groups is 2. The number of nitrogens with zero attached hydrogens (tertiary/aromatic N) is 2. The summed E-state index contributed by atoms with van der Waals surface area (Å²) in [6, 6.07) is 0. The van der Waals surface area contributed by atoms with Gasteiger partial charge in [-0.15, -0.1) is 0 Å². The molecule has 0 radical (unpaired) electrons. The first kappa shape index (κ1) is 17.0. The zero-order valence-electron chi connectivity index (χ0n) is 12.2. The molecule has 126 valence electrons. The van der Waals surface area contributed by atoms with Crippen molar-refractivity contribution in [2.24, 2.45) is 5.92 Å². The molecule has 0 aromatic carbocycles. The Morgan fingerprint density at radius 1 is 1.18 bits per heavy atom. The molecule has 0 spiro atoms. The van der Waals surface area contributed by atoms with Crippen molar-refractivity contribution in [3.05, 3.63) is 0 Å². The van der Waals surface area contributed by atoms with E-state index in [4.69, 9.17) is 0 Å². The van der Waals surface area contributed by atoms with Crippen LogP contribution in [-0.4, -0.2) is 60.1 Å². The summed E-state index contributed by atoms with van der Waals surface area (Å²) in [5, 5.41) is 0. The number of piperidine rings is 2. The van der Waals surface area contributed by atoms with Gasteiger partial charge in [-0.25, -0.2) is 8.78 Å². The summed E-state index contributed by atoms with van der Waals surface area (Å²) in [6.07, 6.45) is -0.681. The molecule has 0 aliphatic carbocycles. The average molecular weight is 324 g/mol. The van der Waals surface area contributed by atoms with Crippen LogP contribution in [0.3, 0.4) is 0 Å². The third-order valence-electron chi connectivity index (χ3n) is 4.36. The van der Waals surface area contributed by atoms with Crippen LogP contribution >= 0.6 is 0 Å². The van der Waals surface area contributed by atoms with E-state index in [1.165, 1.54) is 0 Å². The summed E-state index contributed by atoms with van der Waals surface area (Å²) in [7, 11) is 0. The van der Waals surface area contributed by atoms with E-state index in [0.717, 1.165) is 17.7 Å². The molecule has 2 fully saturated rings. The molecule has 8 heteroatoms. The lowest BCUT2D eigenvalue weighted by Gasteiger charge is -2.37. The van der Waals surface area contributed by atoms with Gasteiger partial charge >= 0.3 is 12.3 Å². The largest absolute Gasteiger partial charge is 0.383 e. The molecule has 2 aliphatic heterocycles. The maximum absolute atomic E-state index is 13.1. The van der Waals surface area contributed by atoms with Crippen LogP contribution in [0, 0.1) is 5.92 Å². The molecule has 2 saturated heterocycles. The van der Waals surface area contributed by atoms with Crippen molar-refractivity contribution in [1.29, 1.82) is 0 Å². The van der Waals surface area contributed by atoms with Crippen molar-refractivity contribution < 1.29 is 27.2 Å². The van der Waals surface area contributed by atoms with E-state index in [2.05, 4.69) is 0 Å². The molecular formula is C14H20F4N2O2. The number of halogens is 4. The van der Waals surface area contributed by atoms with E-state index >= 15 is 0 Å². The van der Waals surface area contributed by atoms with Gasteiger partial charge in [0.05, 0.1) is 0 Å². The van der Waals surface area contributed by atoms with Crippen LogP contribution in [0.15, 0.2) is 0 Å². The first-order valence-corrected chi connectivity index (χ1v) is 7.55. The lowest BCUT2D eigenvalue weighted by molar-refractivity contribution is -0.182. The van der Waals surface area contributed by atoms with Crippen molar-refractivity contribution in [2.45, 2.75) is 44.5 Å². The fourth-order valence-corrected chi connectivity index (χ4v) is 2.99. The van der Waals surface area contributed by atoms with Crippen molar-refractivity contribution >= 4 is 11.8 Å². The quantitative estimate of drug-likeness (QED) is 0.744. The van der Waals surface area contributed by atoms with Crippen LogP contribution in [0.4, 0.5) is 17.6 Å². The number of amides is 2. The third kappa shape index (κ3) is 3.70. The second kappa shape index (κ2) is 6.83. The van der Waals surface area contributed by atoms with Gasteiger partial charge in [0.25, 0.3) is 5.91 Å². The van der Waals surface area contributed by atoms with E-state index in [0.29, 0.717) is 32.4 Å². The topological polar surface area (TPSA) is 40.6 Å². The average Bonchev–Trinajstić information content (AvgIpc) is 2.49. The SMILES string of the molecule is O=C1CCCCN1CC1CCN(C(=O)C(F)(F)C(F)F)CC1. The van der Waals surface area contributed by atoms with Crippen molar-refractivity contribution in [3.8, 4) is 0 Å². The molecule has 0 aromatic heterocycles. The Kier molecular flexibility index (Phi) is 5.28. The first-order valence-electron chi connectivity index (χ1n) is 7.55. The zero-order chi connectivity index (χ0) is 16.3. The zero-order valence-corrected chi connectivity index (χ0v) is 12.2. The Balaban J connectivity index is 1.83. The lowest BCUT2D eigenvalue weighted by Crippen LogP contribution is -2.51. The number of carbonyl (C=O) groups excluding carboxylic acids is 2. The Morgan fingerprint density at radius 3 is 2.36 bits per heavy atom. The molecule has 2 heterocycles. The fraction of sp³-hybridized carbons (Fsp3) is 0.857. The van der Waals surface area contributed by atoms with Crippen LogP contribution in [-0.2, 0) is 9.59 Å². The molecule has 0 N–H and O–H groups in total. The molecule has 0 bridgehead atoms. The number of likely N-dealkylation sites (tertiary alicyclic amines) is 2. The van der Waals surface area contributed by atoms with Gasteiger partial charge in [-0.1, -0.05) is 0 Å². The van der Waals surface area contributed by atoms with Crippen LogP contribution in [0.25, 0.3) is 0 Å². The summed E-state index contributed by atoms with van der Waals surface area (Å²) >= 11 is 0. The summed E-state index contributed by atoms with van der Waals surface area (Å²) in [6.45, 7) is 1.34. The Morgan fingerprint density at radius 2 is 1.82 bits per heavy atom. The highest BCUT2D eigenvalue weighted by molar-refractivity contribution is 5.84. The van der Waals surface area contributed by atoms with Gasteiger partial charge in [-0.2, -0.15) is 8.78 Å². The second-order valence-electron chi connectivity index (χ2n) is 5.96. The third-order valence-corrected chi connectivity index (χ3v) is 4.36. The molecular weight excluding hydrogens is 304 g/mol. The smallest absolute Gasteiger partial charge is 0.342 e. The minimum atomic E-state index is -4.62. The van der Waals surface area contributed by atoms with Crippen LogP contribution in [0.1, 0.15) is 32.1 Å². The van der Waals surface area contributed by atoms with E-state index in [-0.39, 0.29) is 24.9 Å². The Hall–Kier alpha value is -1.34. The van der Waals surface area contributed by atoms with Crippen molar-refractivity contribution in [3.63, 3.8) is 0 Å². The normalized spacial score (nSPS) is 21.6. The first-order chi connectivity index (χ1) is 10.3. The maximum Gasteiger partial charge on any atom is 0.383 e. The van der Waals surface area contributed by atoms with E-state index in [1.54, 1.807) is 4.90 Å². The van der Waals surface area contributed by atoms with Crippen LogP contribution in [0.5, 0.6) is 0 Å². The standard InChI is InChI=1S/C14H20F4N2O2/c15-12(16)14(17,18)13(22)19-7-4-10(5-8-19)9-20-6-2-1-3-11(20)21/h10,12H,1-9H2. The molecule has 0 atom stereocenters. The second-order valence-corrected chi connectivity index (χ2v) is 5.96. The highest BCUT2D eigenvalue weighted by Gasteiger charge is 2.51. The summed E-state index contributed by atoms with van der Waals surface area (Å²) in [4.78, 5) is 25.8. The Labute approximate surface area is 126 Å². The van der Waals surface area contributed by atoms with Crippen molar-refractivity contribution in [1.82, 2.24) is 9.80 Å². The number of hydrogen-bond acceptors (Lipinski definition) is 2. The van der Waals surface area contributed by atoms with E-state index in [1.807, 2.05) is 0 Å². The molecule has 2 aliphatic rings. The minimum absolute atomic E-state index is 0.0356. The number of rotatable bonds is 4. The summed E-state index contributed by atoms with van der Waals surface area (Å²) < 4.78 is 50.5. The van der Waals surface area contributed by atoms with Crippen LogP contribution < -0.4 is 0 Å². The molecule has 4 nitrogen and oxygen atoms in total. The summed E-state index contributed by atoms with van der Waals surface area (Å²) in [5.74, 6) is -6.18. The molecule has 0 unspecified atom stereocenters. The molecule has 2 rings (SSSR count). The van der Waals surface area contributed by atoms with Gasteiger partial charge in [0.15, 0.2) is 0 Å². The van der Waals surface area contributed by atoms with Gasteiger partial charge < -0.3 is 9.80 Å². The lowest BCUT2D eigenvalue weighted by atomic mass is 9.95. The fourth-order valence-electron chi connectivity index (χ4n) is 2.99. The van der Waals surface area contributed by atoms with Gasteiger partial charge in [0.1, 0.15) is 0 Å². The molecule has 0 saturated carbocycles. The Bertz CT molecular complexity index is 423. The highest BCUT2D eigenvalue weighted by atomic mass is 19.3. The van der Waals surface area contributed by atoms with Crippen molar-refractivity contribution in [2.75, 3.05) is 26.2 Å². The summed E-state index contributed by atoms with van der Waals surface area (Å²) in [5.41, 5.74) is 0. The molecule has 22 heavy (non-hydrogen) atoms. The maximum atomic E-state index is 13.1. The van der Waals surface area contributed by atoms with Gasteiger partial charge in [-0.05, 0) is 31.6 Å². The number of alkyl halides is 4. The number of hydrogen-bond donors (Lipinski definition) is 0.